The number of imidazole rings is 1. The van der Waals surface area contributed by atoms with E-state index in [2.05, 4.69) is 26.3 Å². The second-order valence-electron chi connectivity index (χ2n) is 4.11. The molecule has 0 spiro atoms. The third kappa shape index (κ3) is 3.98. The smallest absolute Gasteiger partial charge is 0.193 e. The second kappa shape index (κ2) is 6.99. The van der Waals surface area contributed by atoms with Gasteiger partial charge < -0.3 is 5.32 Å². The highest BCUT2D eigenvalue weighted by atomic mass is 35.5. The maximum atomic E-state index is 5.62. The van der Waals surface area contributed by atoms with Crippen molar-refractivity contribution in [1.29, 1.82) is 0 Å². The molecule has 94 valence electrons. The van der Waals surface area contributed by atoms with E-state index in [-0.39, 0.29) is 0 Å². The summed E-state index contributed by atoms with van der Waals surface area (Å²) in [6.07, 6.45) is 9.00. The molecule has 2 aromatic rings. The Hall–Kier alpha value is -0.580. The zero-order valence-electron chi connectivity index (χ0n) is 9.86. The van der Waals surface area contributed by atoms with E-state index in [1.807, 2.05) is 6.20 Å². The van der Waals surface area contributed by atoms with Crippen LogP contribution in [0.25, 0.3) is 4.96 Å². The topological polar surface area (TPSA) is 29.3 Å². The van der Waals surface area contributed by atoms with E-state index in [4.69, 9.17) is 11.6 Å². The molecule has 0 fully saturated rings. The Balaban J connectivity index is 1.60. The number of thiazole rings is 1. The summed E-state index contributed by atoms with van der Waals surface area (Å²) < 4.78 is 2.07. The number of fused-ring (bicyclic) bond motifs is 1. The van der Waals surface area contributed by atoms with Gasteiger partial charge in [0.1, 0.15) is 0 Å². The van der Waals surface area contributed by atoms with Crippen molar-refractivity contribution in [3.05, 3.63) is 23.5 Å². The predicted octanol–water partition coefficient (Wildman–Crippen LogP) is 3.28. The lowest BCUT2D eigenvalue weighted by atomic mass is 10.2. The third-order valence-corrected chi connectivity index (χ3v) is 3.72. The molecule has 3 nitrogen and oxygen atoms in total. The van der Waals surface area contributed by atoms with Crippen LogP contribution in [-0.4, -0.2) is 21.8 Å². The predicted molar refractivity (Wildman–Crippen MR) is 74.0 cm³/mol. The lowest BCUT2D eigenvalue weighted by molar-refractivity contribution is 0.595. The van der Waals surface area contributed by atoms with Crippen LogP contribution >= 0.6 is 22.9 Å². The molecular weight excluding hydrogens is 254 g/mol. The van der Waals surface area contributed by atoms with Crippen molar-refractivity contribution in [2.75, 3.05) is 12.4 Å². The van der Waals surface area contributed by atoms with Crippen molar-refractivity contribution in [1.82, 2.24) is 14.7 Å². The van der Waals surface area contributed by atoms with Crippen LogP contribution in [0.1, 0.15) is 31.4 Å². The van der Waals surface area contributed by atoms with Gasteiger partial charge in [-0.1, -0.05) is 12.8 Å². The minimum absolute atomic E-state index is 0.791. The van der Waals surface area contributed by atoms with Crippen LogP contribution in [0, 0.1) is 0 Å². The number of nitrogens with zero attached hydrogens (tertiary/aromatic N) is 2. The molecule has 2 rings (SSSR count). The van der Waals surface area contributed by atoms with Gasteiger partial charge in [0.05, 0.1) is 5.69 Å². The second-order valence-corrected chi connectivity index (χ2v) is 5.36. The molecule has 0 atom stereocenters. The van der Waals surface area contributed by atoms with E-state index >= 15 is 0 Å². The molecule has 0 aliphatic heterocycles. The van der Waals surface area contributed by atoms with Crippen molar-refractivity contribution in [2.45, 2.75) is 32.2 Å². The highest BCUT2D eigenvalue weighted by Gasteiger charge is 2.01. The van der Waals surface area contributed by atoms with Crippen molar-refractivity contribution in [3.8, 4) is 0 Å². The molecule has 2 heterocycles. The van der Waals surface area contributed by atoms with Gasteiger partial charge in [-0.15, -0.1) is 22.9 Å². The first kappa shape index (κ1) is 12.9. The molecule has 17 heavy (non-hydrogen) atoms. The Morgan fingerprint density at radius 2 is 2.18 bits per heavy atom. The van der Waals surface area contributed by atoms with Crippen LogP contribution in [0.3, 0.4) is 0 Å². The van der Waals surface area contributed by atoms with Gasteiger partial charge in [-0.3, -0.25) is 4.40 Å². The Labute approximate surface area is 111 Å². The molecule has 0 aliphatic carbocycles. The first-order chi connectivity index (χ1) is 8.40. The summed E-state index contributed by atoms with van der Waals surface area (Å²) in [4.78, 5) is 5.59. The molecule has 0 saturated carbocycles. The van der Waals surface area contributed by atoms with E-state index in [9.17, 15) is 0 Å². The molecule has 0 bridgehead atoms. The summed E-state index contributed by atoms with van der Waals surface area (Å²) in [5, 5.41) is 5.48. The summed E-state index contributed by atoms with van der Waals surface area (Å²) in [6.45, 7) is 1.93. The lowest BCUT2D eigenvalue weighted by Crippen LogP contribution is -2.14. The quantitative estimate of drug-likeness (QED) is 0.590. The highest BCUT2D eigenvalue weighted by molar-refractivity contribution is 7.15. The lowest BCUT2D eigenvalue weighted by Gasteiger charge is -2.01. The first-order valence-electron chi connectivity index (χ1n) is 6.08. The molecule has 1 N–H and O–H groups in total. The first-order valence-corrected chi connectivity index (χ1v) is 7.49. The molecule has 2 aromatic heterocycles. The van der Waals surface area contributed by atoms with Gasteiger partial charge in [-0.2, -0.15) is 0 Å². The summed E-state index contributed by atoms with van der Waals surface area (Å²) in [5.74, 6) is 0.791. The zero-order chi connectivity index (χ0) is 11.9. The van der Waals surface area contributed by atoms with Crippen LogP contribution in [0.5, 0.6) is 0 Å². The maximum Gasteiger partial charge on any atom is 0.193 e. The number of aromatic nitrogens is 2. The van der Waals surface area contributed by atoms with Gasteiger partial charge in [0, 0.05) is 30.2 Å². The van der Waals surface area contributed by atoms with Crippen LogP contribution in [0.2, 0.25) is 0 Å². The van der Waals surface area contributed by atoms with Gasteiger partial charge in [-0.25, -0.2) is 4.98 Å². The standard InChI is InChI=1S/C12H18ClN3S/c13-5-3-1-2-4-6-14-9-11-10-16-7-8-17-12(16)15-11/h7-8,10,14H,1-6,9H2. The summed E-state index contributed by atoms with van der Waals surface area (Å²) in [7, 11) is 0. The fraction of sp³-hybridized carbons (Fsp3) is 0.583. The van der Waals surface area contributed by atoms with E-state index in [0.717, 1.165) is 36.0 Å². The van der Waals surface area contributed by atoms with E-state index in [1.54, 1.807) is 11.3 Å². The van der Waals surface area contributed by atoms with Gasteiger partial charge in [0.25, 0.3) is 0 Å². The minimum Gasteiger partial charge on any atom is -0.311 e. The maximum absolute atomic E-state index is 5.62. The number of rotatable bonds is 8. The molecular formula is C12H18ClN3S. The number of hydrogen-bond donors (Lipinski definition) is 1. The van der Waals surface area contributed by atoms with Crippen molar-refractivity contribution in [2.24, 2.45) is 0 Å². The Morgan fingerprint density at radius 1 is 1.29 bits per heavy atom. The normalized spacial score (nSPS) is 11.4. The number of hydrogen-bond acceptors (Lipinski definition) is 3. The highest BCUT2D eigenvalue weighted by Crippen LogP contribution is 2.11. The summed E-state index contributed by atoms with van der Waals surface area (Å²) in [5.41, 5.74) is 1.12. The van der Waals surface area contributed by atoms with Crippen LogP contribution in [-0.2, 0) is 6.54 Å². The van der Waals surface area contributed by atoms with Gasteiger partial charge >= 0.3 is 0 Å². The van der Waals surface area contributed by atoms with Gasteiger partial charge in [-0.05, 0) is 19.4 Å². The number of alkyl halides is 1. The zero-order valence-corrected chi connectivity index (χ0v) is 11.4. The summed E-state index contributed by atoms with van der Waals surface area (Å²) >= 11 is 7.30. The average Bonchev–Trinajstić information content (AvgIpc) is 2.88. The fourth-order valence-electron chi connectivity index (χ4n) is 1.78. The van der Waals surface area contributed by atoms with Crippen molar-refractivity contribution in [3.63, 3.8) is 0 Å². The number of nitrogens with one attached hydrogen (secondary N) is 1. The summed E-state index contributed by atoms with van der Waals surface area (Å²) in [6, 6.07) is 0. The minimum atomic E-state index is 0.791. The molecule has 0 radical (unpaired) electrons. The molecule has 0 saturated heterocycles. The van der Waals surface area contributed by atoms with Gasteiger partial charge in [0.2, 0.25) is 0 Å². The third-order valence-electron chi connectivity index (χ3n) is 2.69. The molecule has 0 aromatic carbocycles. The molecule has 0 aliphatic rings. The van der Waals surface area contributed by atoms with Gasteiger partial charge in [0.15, 0.2) is 4.96 Å². The Kier molecular flexibility index (Phi) is 5.29. The van der Waals surface area contributed by atoms with E-state index in [1.165, 1.54) is 19.3 Å². The number of unbranched alkanes of at least 4 members (excludes halogenated alkanes) is 3. The molecule has 0 unspecified atom stereocenters. The van der Waals surface area contributed by atoms with Crippen LogP contribution in [0.15, 0.2) is 17.8 Å². The Morgan fingerprint density at radius 3 is 3.00 bits per heavy atom. The monoisotopic (exact) mass is 271 g/mol. The van der Waals surface area contributed by atoms with Crippen LogP contribution in [0.4, 0.5) is 0 Å². The fourth-order valence-corrected chi connectivity index (χ4v) is 2.68. The van der Waals surface area contributed by atoms with E-state index in [0.29, 0.717) is 0 Å². The molecule has 5 heteroatoms. The Bertz CT molecular complexity index is 409. The largest absolute Gasteiger partial charge is 0.311 e. The molecule has 0 amide bonds. The van der Waals surface area contributed by atoms with E-state index < -0.39 is 0 Å². The number of halogens is 1. The van der Waals surface area contributed by atoms with Crippen LogP contribution < -0.4 is 5.32 Å². The van der Waals surface area contributed by atoms with Crippen molar-refractivity contribution < 1.29 is 0 Å². The average molecular weight is 272 g/mol. The van der Waals surface area contributed by atoms with Crippen molar-refractivity contribution >= 4 is 27.9 Å². The SMILES string of the molecule is ClCCCCCCNCc1cn2ccsc2n1.